The molecule has 1 atom stereocenters. The Labute approximate surface area is 101 Å². The largest absolute Gasteiger partial charge is 0.315 e. The smallest absolute Gasteiger partial charge is 0.281 e. The van der Waals surface area contributed by atoms with E-state index in [4.69, 9.17) is 0 Å². The normalized spacial score (nSPS) is 13.2. The van der Waals surface area contributed by atoms with Crippen LogP contribution in [0.25, 0.3) is 11.2 Å². The Morgan fingerprint density at radius 2 is 2.25 bits per heavy atom. The van der Waals surface area contributed by atoms with E-state index in [1.165, 1.54) is 0 Å². The van der Waals surface area contributed by atoms with E-state index in [1.54, 1.807) is 0 Å². The maximum atomic E-state index is 11.4. The molecule has 5 nitrogen and oxygen atoms in total. The Hall–Kier alpha value is -1.17. The lowest BCUT2D eigenvalue weighted by molar-refractivity contribution is 0.487. The topological polar surface area (TPSA) is 63.6 Å². The second-order valence-corrected chi connectivity index (χ2v) is 4.59. The number of nitrogens with zero attached hydrogens (tertiary/aromatic N) is 3. The number of aromatic nitrogens is 4. The number of aryl methyl sites for hydroxylation is 1. The zero-order chi connectivity index (χ0) is 11.9. The van der Waals surface area contributed by atoms with Gasteiger partial charge in [-0.05, 0) is 36.2 Å². The Bertz CT molecular complexity index is 586. The van der Waals surface area contributed by atoms with Crippen molar-refractivity contribution in [1.29, 1.82) is 0 Å². The maximum Gasteiger partial charge on any atom is 0.281 e. The highest BCUT2D eigenvalue weighted by Crippen LogP contribution is 2.19. The van der Waals surface area contributed by atoms with E-state index in [0.29, 0.717) is 10.1 Å². The van der Waals surface area contributed by atoms with Crippen LogP contribution in [0.2, 0.25) is 0 Å². The van der Waals surface area contributed by atoms with E-state index in [-0.39, 0.29) is 11.6 Å². The van der Waals surface area contributed by atoms with Crippen molar-refractivity contribution >= 4 is 27.1 Å². The molecule has 0 aliphatic heterocycles. The van der Waals surface area contributed by atoms with Crippen molar-refractivity contribution in [2.45, 2.75) is 33.2 Å². The Kier molecular flexibility index (Phi) is 2.84. The number of nitrogens with one attached hydrogen (secondary N) is 1. The summed E-state index contributed by atoms with van der Waals surface area (Å²) in [5.74, 6) is 0. The lowest BCUT2D eigenvalue weighted by Crippen LogP contribution is -2.11. The minimum atomic E-state index is -0.223. The second-order valence-electron chi connectivity index (χ2n) is 3.84. The molecule has 0 aliphatic rings. The van der Waals surface area contributed by atoms with E-state index in [1.807, 2.05) is 11.6 Å². The number of hydrogen-bond acceptors (Lipinski definition) is 3. The molecule has 1 N–H and O–H groups in total. The number of aromatic amines is 1. The van der Waals surface area contributed by atoms with Crippen LogP contribution >= 0.6 is 15.9 Å². The summed E-state index contributed by atoms with van der Waals surface area (Å²) in [5, 5.41) is 4.41. The molecule has 2 heterocycles. The number of rotatable bonds is 2. The minimum absolute atomic E-state index is 0.223. The van der Waals surface area contributed by atoms with Crippen LogP contribution < -0.4 is 5.56 Å². The fraction of sp³-hybridized carbons (Fsp3) is 0.500. The van der Waals surface area contributed by atoms with E-state index in [2.05, 4.69) is 44.8 Å². The molecule has 86 valence electrons. The van der Waals surface area contributed by atoms with Gasteiger partial charge in [-0.3, -0.25) is 4.79 Å². The molecule has 2 aromatic rings. The molecule has 2 aromatic heterocycles. The predicted molar refractivity (Wildman–Crippen MR) is 65.6 cm³/mol. The number of hydrogen-bond donors (Lipinski definition) is 1. The summed E-state index contributed by atoms with van der Waals surface area (Å²) >= 11 is 3.13. The quantitative estimate of drug-likeness (QED) is 0.919. The van der Waals surface area contributed by atoms with Gasteiger partial charge in [-0.1, -0.05) is 6.92 Å². The van der Waals surface area contributed by atoms with Crippen LogP contribution in [0.1, 0.15) is 32.0 Å². The highest BCUT2D eigenvalue weighted by Gasteiger charge is 2.14. The first-order chi connectivity index (χ1) is 7.54. The van der Waals surface area contributed by atoms with Gasteiger partial charge in [0.1, 0.15) is 5.52 Å². The second kappa shape index (κ2) is 4.01. The van der Waals surface area contributed by atoms with Gasteiger partial charge < -0.3 is 4.98 Å². The first-order valence-electron chi connectivity index (χ1n) is 5.19. The first-order valence-corrected chi connectivity index (χ1v) is 5.98. The third-order valence-corrected chi connectivity index (χ3v) is 3.24. The lowest BCUT2D eigenvalue weighted by Gasteiger charge is -2.09. The van der Waals surface area contributed by atoms with Gasteiger partial charge in [0.05, 0.1) is 11.7 Å². The maximum absolute atomic E-state index is 11.4. The summed E-state index contributed by atoms with van der Waals surface area (Å²) in [6.07, 6.45) is 0.967. The molecule has 0 aromatic carbocycles. The van der Waals surface area contributed by atoms with E-state index >= 15 is 0 Å². The lowest BCUT2D eigenvalue weighted by atomic mass is 10.3. The molecule has 2 rings (SSSR count). The van der Waals surface area contributed by atoms with Crippen molar-refractivity contribution in [2.24, 2.45) is 0 Å². The molecule has 0 fully saturated rings. The highest BCUT2D eigenvalue weighted by molar-refractivity contribution is 9.10. The van der Waals surface area contributed by atoms with Crippen LogP contribution in [-0.4, -0.2) is 19.7 Å². The van der Waals surface area contributed by atoms with Gasteiger partial charge in [-0.25, -0.2) is 9.67 Å². The third kappa shape index (κ3) is 1.67. The number of halogens is 1. The Balaban J connectivity index is 2.78. The average Bonchev–Trinajstić information content (AvgIpc) is 2.56. The summed E-state index contributed by atoms with van der Waals surface area (Å²) in [6.45, 7) is 6.04. The summed E-state index contributed by atoms with van der Waals surface area (Å²) in [4.78, 5) is 18.4. The fourth-order valence-corrected chi connectivity index (χ4v) is 1.84. The number of H-pyrrole nitrogens is 1. The van der Waals surface area contributed by atoms with Crippen LogP contribution in [0.3, 0.4) is 0 Å². The monoisotopic (exact) mass is 284 g/mol. The SMILES string of the molecule is CCC(C)n1nc(C)c2[nH]c(=O)c(Br)nc21. The van der Waals surface area contributed by atoms with Gasteiger partial charge >= 0.3 is 0 Å². The molecule has 0 spiro atoms. The van der Waals surface area contributed by atoms with Crippen molar-refractivity contribution in [3.8, 4) is 0 Å². The third-order valence-electron chi connectivity index (χ3n) is 2.70. The Morgan fingerprint density at radius 1 is 1.56 bits per heavy atom. The molecule has 6 heteroatoms. The predicted octanol–water partition coefficient (Wildman–Crippen LogP) is 2.16. The molecule has 0 saturated carbocycles. The van der Waals surface area contributed by atoms with Crippen molar-refractivity contribution in [3.63, 3.8) is 0 Å². The van der Waals surface area contributed by atoms with Crippen LogP contribution in [0, 0.1) is 6.92 Å². The van der Waals surface area contributed by atoms with Crippen molar-refractivity contribution in [2.75, 3.05) is 0 Å². The standard InChI is InChI=1S/C10H13BrN4O/c1-4-5(2)15-9-7(6(3)14-15)12-10(16)8(11)13-9/h5H,4H2,1-3H3,(H,12,16). The van der Waals surface area contributed by atoms with E-state index in [9.17, 15) is 4.79 Å². The van der Waals surface area contributed by atoms with Crippen LogP contribution in [-0.2, 0) is 0 Å². The van der Waals surface area contributed by atoms with Crippen molar-refractivity contribution in [1.82, 2.24) is 19.7 Å². The minimum Gasteiger partial charge on any atom is -0.315 e. The van der Waals surface area contributed by atoms with Crippen molar-refractivity contribution < 1.29 is 0 Å². The molecule has 0 aliphatic carbocycles. The first kappa shape index (κ1) is 11.3. The zero-order valence-corrected chi connectivity index (χ0v) is 11.0. The van der Waals surface area contributed by atoms with Gasteiger partial charge in [-0.15, -0.1) is 0 Å². The molecule has 0 saturated heterocycles. The fourth-order valence-electron chi connectivity index (χ4n) is 1.58. The highest BCUT2D eigenvalue weighted by atomic mass is 79.9. The number of fused-ring (bicyclic) bond motifs is 1. The van der Waals surface area contributed by atoms with Crippen LogP contribution in [0.15, 0.2) is 9.40 Å². The van der Waals surface area contributed by atoms with Gasteiger partial charge in [0.25, 0.3) is 5.56 Å². The molecule has 0 radical (unpaired) electrons. The summed E-state index contributed by atoms with van der Waals surface area (Å²) in [5.41, 5.74) is 2.01. The van der Waals surface area contributed by atoms with Gasteiger partial charge in [0.2, 0.25) is 0 Å². The zero-order valence-electron chi connectivity index (χ0n) is 9.41. The van der Waals surface area contributed by atoms with Crippen molar-refractivity contribution in [3.05, 3.63) is 20.7 Å². The summed E-state index contributed by atoms with van der Waals surface area (Å²) in [6, 6.07) is 0.265. The average molecular weight is 285 g/mol. The van der Waals surface area contributed by atoms with Gasteiger partial charge in [0, 0.05) is 0 Å². The molecule has 0 bridgehead atoms. The van der Waals surface area contributed by atoms with Gasteiger partial charge in [-0.2, -0.15) is 5.10 Å². The van der Waals surface area contributed by atoms with E-state index < -0.39 is 0 Å². The molecule has 16 heavy (non-hydrogen) atoms. The summed E-state index contributed by atoms with van der Waals surface area (Å²) in [7, 11) is 0. The molecular formula is C10H13BrN4O. The molecule has 0 amide bonds. The Morgan fingerprint density at radius 3 is 2.88 bits per heavy atom. The molecular weight excluding hydrogens is 272 g/mol. The van der Waals surface area contributed by atoms with Crippen LogP contribution in [0.4, 0.5) is 0 Å². The van der Waals surface area contributed by atoms with E-state index in [0.717, 1.165) is 17.8 Å². The van der Waals surface area contributed by atoms with Gasteiger partial charge in [0.15, 0.2) is 10.3 Å². The molecule has 1 unspecified atom stereocenters. The van der Waals surface area contributed by atoms with Crippen LogP contribution in [0.5, 0.6) is 0 Å². The summed E-state index contributed by atoms with van der Waals surface area (Å²) < 4.78 is 2.15.